The molecule has 94 valence electrons. The summed E-state index contributed by atoms with van der Waals surface area (Å²) in [7, 11) is 0. The molecule has 0 aliphatic carbocycles. The van der Waals surface area contributed by atoms with Crippen molar-refractivity contribution < 1.29 is 0 Å². The van der Waals surface area contributed by atoms with Gasteiger partial charge < -0.3 is 5.32 Å². The van der Waals surface area contributed by atoms with Crippen LogP contribution in [-0.2, 0) is 0 Å². The van der Waals surface area contributed by atoms with Gasteiger partial charge in [-0.05, 0) is 30.7 Å². The van der Waals surface area contributed by atoms with Gasteiger partial charge in [0.2, 0.25) is 0 Å². The van der Waals surface area contributed by atoms with Crippen LogP contribution in [0.3, 0.4) is 0 Å². The van der Waals surface area contributed by atoms with E-state index in [1.807, 2.05) is 29.1 Å². The van der Waals surface area contributed by atoms with Crippen molar-refractivity contribution in [3.05, 3.63) is 48.4 Å². The summed E-state index contributed by atoms with van der Waals surface area (Å²) in [5, 5.41) is 9.10. The van der Waals surface area contributed by atoms with Crippen molar-refractivity contribution in [1.29, 1.82) is 0 Å². The summed E-state index contributed by atoms with van der Waals surface area (Å²) in [4.78, 5) is 8.78. The van der Waals surface area contributed by atoms with E-state index in [-0.39, 0.29) is 6.04 Å². The lowest BCUT2D eigenvalue weighted by Gasteiger charge is -2.25. The number of hydrogen-bond acceptors (Lipinski definition) is 4. The maximum Gasteiger partial charge on any atom is 0.183 e. The van der Waals surface area contributed by atoms with Gasteiger partial charge in [0, 0.05) is 18.9 Å². The van der Waals surface area contributed by atoms with Gasteiger partial charge in [-0.3, -0.25) is 4.98 Å². The van der Waals surface area contributed by atoms with Gasteiger partial charge in [-0.25, -0.2) is 9.67 Å². The summed E-state index contributed by atoms with van der Waals surface area (Å²) < 4.78 is 2.02. The van der Waals surface area contributed by atoms with E-state index in [0.29, 0.717) is 0 Å². The molecule has 3 aromatic heterocycles. The van der Waals surface area contributed by atoms with Gasteiger partial charge in [0.15, 0.2) is 5.65 Å². The van der Waals surface area contributed by atoms with Crippen LogP contribution in [0.4, 0.5) is 5.82 Å². The number of fused-ring (bicyclic) bond motifs is 3. The van der Waals surface area contributed by atoms with Crippen LogP contribution in [0.1, 0.15) is 18.2 Å². The number of nitrogens with zero attached hydrogens (tertiary/aromatic N) is 4. The van der Waals surface area contributed by atoms with Gasteiger partial charge in [-0.2, -0.15) is 0 Å². The number of rotatable bonds is 1. The van der Waals surface area contributed by atoms with E-state index in [9.17, 15) is 0 Å². The fourth-order valence-electron chi connectivity index (χ4n) is 2.63. The van der Waals surface area contributed by atoms with Gasteiger partial charge in [0.05, 0.1) is 17.1 Å². The van der Waals surface area contributed by atoms with Crippen molar-refractivity contribution in [3.63, 3.8) is 0 Å². The predicted molar refractivity (Wildman–Crippen MR) is 73.0 cm³/mol. The van der Waals surface area contributed by atoms with E-state index in [0.717, 1.165) is 35.5 Å². The van der Waals surface area contributed by atoms with Crippen molar-refractivity contribution in [2.75, 3.05) is 11.9 Å². The monoisotopic (exact) mass is 251 g/mol. The zero-order chi connectivity index (χ0) is 12.7. The third-order valence-electron chi connectivity index (χ3n) is 3.51. The van der Waals surface area contributed by atoms with E-state index < -0.39 is 0 Å². The molecule has 3 aromatic rings. The zero-order valence-electron chi connectivity index (χ0n) is 10.3. The molecule has 0 amide bonds. The van der Waals surface area contributed by atoms with E-state index in [1.165, 1.54) is 0 Å². The molecular formula is C14H13N5. The van der Waals surface area contributed by atoms with Gasteiger partial charge in [0.25, 0.3) is 0 Å². The molecule has 1 aliphatic heterocycles. The molecule has 0 aromatic carbocycles. The van der Waals surface area contributed by atoms with Crippen LogP contribution < -0.4 is 5.32 Å². The van der Waals surface area contributed by atoms with Crippen LogP contribution in [0.15, 0.2) is 42.7 Å². The van der Waals surface area contributed by atoms with Crippen LogP contribution in [0, 0.1) is 0 Å². The smallest absolute Gasteiger partial charge is 0.183 e. The zero-order valence-corrected chi connectivity index (χ0v) is 10.3. The molecule has 5 nitrogen and oxygen atoms in total. The Bertz CT molecular complexity index is 719. The molecule has 0 radical (unpaired) electrons. The fraction of sp³-hybridized carbons (Fsp3) is 0.214. The van der Waals surface area contributed by atoms with Crippen molar-refractivity contribution in [2.24, 2.45) is 0 Å². The highest BCUT2D eigenvalue weighted by Crippen LogP contribution is 2.32. The Labute approximate surface area is 110 Å². The first kappa shape index (κ1) is 10.5. The minimum absolute atomic E-state index is 0.187. The Morgan fingerprint density at radius 3 is 2.95 bits per heavy atom. The molecule has 1 atom stereocenters. The summed E-state index contributed by atoms with van der Waals surface area (Å²) in [6.07, 6.45) is 4.59. The van der Waals surface area contributed by atoms with Crippen LogP contribution in [0.2, 0.25) is 0 Å². The van der Waals surface area contributed by atoms with E-state index >= 15 is 0 Å². The molecule has 0 saturated heterocycles. The highest BCUT2D eigenvalue weighted by atomic mass is 15.4. The van der Waals surface area contributed by atoms with Crippen LogP contribution in [0.25, 0.3) is 11.0 Å². The average molecular weight is 251 g/mol. The van der Waals surface area contributed by atoms with E-state index in [4.69, 9.17) is 0 Å². The maximum atomic E-state index is 4.61. The molecule has 0 saturated carbocycles. The molecule has 0 spiro atoms. The summed E-state index contributed by atoms with van der Waals surface area (Å²) in [5.41, 5.74) is 1.84. The minimum Gasteiger partial charge on any atom is -0.370 e. The summed E-state index contributed by atoms with van der Waals surface area (Å²) in [6, 6.07) is 10.2. The first-order valence-corrected chi connectivity index (χ1v) is 6.41. The summed E-state index contributed by atoms with van der Waals surface area (Å²) in [5.74, 6) is 1.05. The summed E-state index contributed by atoms with van der Waals surface area (Å²) in [6.45, 7) is 0.928. The molecule has 4 rings (SSSR count). The second-order valence-corrected chi connectivity index (χ2v) is 4.65. The highest BCUT2D eigenvalue weighted by molar-refractivity contribution is 5.87. The van der Waals surface area contributed by atoms with Crippen molar-refractivity contribution in [1.82, 2.24) is 19.7 Å². The lowest BCUT2D eigenvalue weighted by atomic mass is 10.1. The second-order valence-electron chi connectivity index (χ2n) is 4.65. The van der Waals surface area contributed by atoms with Crippen molar-refractivity contribution in [3.8, 4) is 0 Å². The molecule has 0 bridgehead atoms. The lowest BCUT2D eigenvalue weighted by molar-refractivity contribution is 0.475. The molecule has 1 N–H and O–H groups in total. The molecule has 4 heterocycles. The Morgan fingerprint density at radius 1 is 1.11 bits per heavy atom. The largest absolute Gasteiger partial charge is 0.370 e. The van der Waals surface area contributed by atoms with Crippen LogP contribution >= 0.6 is 0 Å². The third kappa shape index (κ3) is 1.58. The van der Waals surface area contributed by atoms with E-state index in [2.05, 4.69) is 32.5 Å². The standard InChI is InChI=1S/C14H13N5/c1-2-7-15-11(5-1)12-6-9-17-14-10-4-3-8-16-13(10)18-19(12)14/h1-5,7-8,12,17H,6,9H2. The van der Waals surface area contributed by atoms with Gasteiger partial charge in [-0.15, -0.1) is 5.10 Å². The number of nitrogens with one attached hydrogen (secondary N) is 1. The molecule has 1 aliphatic rings. The number of pyridine rings is 2. The van der Waals surface area contributed by atoms with Crippen LogP contribution in [0.5, 0.6) is 0 Å². The average Bonchev–Trinajstić information content (AvgIpc) is 2.87. The Hall–Kier alpha value is -2.43. The van der Waals surface area contributed by atoms with Gasteiger partial charge in [-0.1, -0.05) is 6.07 Å². The van der Waals surface area contributed by atoms with Crippen molar-refractivity contribution >= 4 is 16.9 Å². The Kier molecular flexibility index (Phi) is 2.24. The third-order valence-corrected chi connectivity index (χ3v) is 3.51. The first-order chi connectivity index (χ1) is 9.43. The molecule has 0 fully saturated rings. The Morgan fingerprint density at radius 2 is 2.05 bits per heavy atom. The normalized spacial score (nSPS) is 18.0. The predicted octanol–water partition coefficient (Wildman–Crippen LogP) is 2.23. The van der Waals surface area contributed by atoms with E-state index in [1.54, 1.807) is 6.20 Å². The lowest BCUT2D eigenvalue weighted by Crippen LogP contribution is -2.24. The maximum absolute atomic E-state index is 4.61. The number of aromatic nitrogens is 4. The fourth-order valence-corrected chi connectivity index (χ4v) is 2.63. The molecule has 1 unspecified atom stereocenters. The summed E-state index contributed by atoms with van der Waals surface area (Å²) >= 11 is 0. The number of anilines is 1. The SMILES string of the molecule is c1ccc(C2CCNc3c4cccnc4nn32)nc1. The molecule has 5 heteroatoms. The Balaban J connectivity index is 1.91. The molecule has 19 heavy (non-hydrogen) atoms. The first-order valence-electron chi connectivity index (χ1n) is 6.41. The minimum atomic E-state index is 0.187. The second kappa shape index (κ2) is 4.05. The van der Waals surface area contributed by atoms with Crippen LogP contribution in [-0.4, -0.2) is 26.3 Å². The quantitative estimate of drug-likeness (QED) is 0.720. The van der Waals surface area contributed by atoms with Gasteiger partial charge >= 0.3 is 0 Å². The topological polar surface area (TPSA) is 55.6 Å². The number of hydrogen-bond donors (Lipinski definition) is 1. The molecular weight excluding hydrogens is 238 g/mol. The highest BCUT2D eigenvalue weighted by Gasteiger charge is 2.25. The van der Waals surface area contributed by atoms with Crippen molar-refractivity contribution in [2.45, 2.75) is 12.5 Å². The van der Waals surface area contributed by atoms with Gasteiger partial charge in [0.1, 0.15) is 5.82 Å².